The fraction of sp³-hybridized carbons (Fsp3) is 0.429. The molecule has 2 rings (SSSR count). The Morgan fingerprint density at radius 2 is 2.17 bits per heavy atom. The number of carbonyl (C=O) groups is 1. The quantitative estimate of drug-likeness (QED) is 0.881. The molecule has 18 heavy (non-hydrogen) atoms. The summed E-state index contributed by atoms with van der Waals surface area (Å²) in [6.45, 7) is 5.09. The Kier molecular flexibility index (Phi) is 3.65. The molecule has 0 saturated heterocycles. The van der Waals surface area contributed by atoms with Gasteiger partial charge in [0.25, 0.3) is 0 Å². The Bertz CT molecular complexity index is 560. The Labute approximate surface area is 106 Å². The average Bonchev–Trinajstić information content (AvgIpc) is 2.69. The minimum atomic E-state index is -0.965. The molecule has 0 spiro atoms. The first kappa shape index (κ1) is 12.6. The Morgan fingerprint density at radius 3 is 2.83 bits per heavy atom. The lowest BCUT2D eigenvalue weighted by Crippen LogP contribution is -2.10. The first-order valence-electron chi connectivity index (χ1n) is 6.32. The van der Waals surface area contributed by atoms with Crippen molar-refractivity contribution < 1.29 is 9.90 Å². The van der Waals surface area contributed by atoms with E-state index in [2.05, 4.69) is 18.9 Å². The van der Waals surface area contributed by atoms with Gasteiger partial charge >= 0.3 is 5.97 Å². The van der Waals surface area contributed by atoms with Crippen molar-refractivity contribution in [3.63, 3.8) is 0 Å². The number of benzene rings is 1. The van der Waals surface area contributed by atoms with Gasteiger partial charge in [-0.1, -0.05) is 38.5 Å². The van der Waals surface area contributed by atoms with Gasteiger partial charge in [-0.2, -0.15) is 5.10 Å². The summed E-state index contributed by atoms with van der Waals surface area (Å²) in [7, 11) is 0. The highest BCUT2D eigenvalue weighted by atomic mass is 16.4. The van der Waals surface area contributed by atoms with Crippen molar-refractivity contribution in [2.45, 2.75) is 33.2 Å². The third kappa shape index (κ3) is 2.37. The molecule has 4 nitrogen and oxygen atoms in total. The van der Waals surface area contributed by atoms with Crippen LogP contribution in [-0.2, 0) is 6.54 Å². The fourth-order valence-electron chi connectivity index (χ4n) is 2.30. The minimum Gasteiger partial charge on any atom is -0.476 e. The zero-order valence-corrected chi connectivity index (χ0v) is 10.8. The van der Waals surface area contributed by atoms with E-state index in [1.807, 2.05) is 28.9 Å². The molecule has 0 aliphatic rings. The number of hydrogen-bond donors (Lipinski definition) is 1. The second-order valence-corrected chi connectivity index (χ2v) is 4.75. The highest BCUT2D eigenvalue weighted by Crippen LogP contribution is 2.20. The number of rotatable bonds is 5. The van der Waals surface area contributed by atoms with E-state index in [-0.39, 0.29) is 5.69 Å². The van der Waals surface area contributed by atoms with Gasteiger partial charge in [0.05, 0.1) is 5.52 Å². The van der Waals surface area contributed by atoms with Crippen LogP contribution in [0.3, 0.4) is 0 Å². The maximum Gasteiger partial charge on any atom is 0.357 e. The molecule has 4 heteroatoms. The lowest BCUT2D eigenvalue weighted by Gasteiger charge is -2.10. The molecular weight excluding hydrogens is 228 g/mol. The zero-order valence-electron chi connectivity index (χ0n) is 10.8. The molecule has 0 fully saturated rings. The largest absolute Gasteiger partial charge is 0.476 e. The molecular formula is C14H18N2O2. The normalized spacial score (nSPS) is 12.8. The molecule has 1 atom stereocenters. The second-order valence-electron chi connectivity index (χ2n) is 4.75. The number of para-hydroxylation sites is 1. The van der Waals surface area contributed by atoms with Crippen molar-refractivity contribution in [3.8, 4) is 0 Å². The van der Waals surface area contributed by atoms with Gasteiger partial charge in [0.2, 0.25) is 0 Å². The van der Waals surface area contributed by atoms with E-state index < -0.39 is 5.97 Å². The summed E-state index contributed by atoms with van der Waals surface area (Å²) in [5.74, 6) is -0.465. The SMILES string of the molecule is CCCC(C)Cn1nc(C(=O)O)c2ccccc21. The van der Waals surface area contributed by atoms with Crippen LogP contribution in [0.5, 0.6) is 0 Å². The summed E-state index contributed by atoms with van der Waals surface area (Å²) in [4.78, 5) is 11.2. The average molecular weight is 246 g/mol. The lowest BCUT2D eigenvalue weighted by molar-refractivity contribution is 0.0691. The second kappa shape index (κ2) is 5.21. The van der Waals surface area contributed by atoms with Crippen LogP contribution in [0, 0.1) is 5.92 Å². The number of hydrogen-bond acceptors (Lipinski definition) is 2. The molecule has 0 saturated carbocycles. The molecule has 0 bridgehead atoms. The van der Waals surface area contributed by atoms with Gasteiger partial charge < -0.3 is 5.11 Å². The number of aromatic carboxylic acids is 1. The molecule has 1 heterocycles. The molecule has 0 aliphatic carbocycles. The monoisotopic (exact) mass is 246 g/mol. The van der Waals surface area contributed by atoms with Gasteiger partial charge in [-0.15, -0.1) is 0 Å². The summed E-state index contributed by atoms with van der Waals surface area (Å²) >= 11 is 0. The number of nitrogens with zero attached hydrogens (tertiary/aromatic N) is 2. The Balaban J connectivity index is 2.41. The van der Waals surface area contributed by atoms with E-state index in [0.29, 0.717) is 11.3 Å². The number of carboxylic acids is 1. The van der Waals surface area contributed by atoms with Crippen molar-refractivity contribution in [1.29, 1.82) is 0 Å². The van der Waals surface area contributed by atoms with Crippen LogP contribution in [0.2, 0.25) is 0 Å². The topological polar surface area (TPSA) is 55.1 Å². The summed E-state index contributed by atoms with van der Waals surface area (Å²) in [6, 6.07) is 7.49. The maximum absolute atomic E-state index is 11.2. The number of aromatic nitrogens is 2. The standard InChI is InChI=1S/C14H18N2O2/c1-3-6-10(2)9-16-12-8-5-4-7-11(12)13(15-16)14(17)18/h4-5,7-8,10H,3,6,9H2,1-2H3,(H,17,18). The Morgan fingerprint density at radius 1 is 1.44 bits per heavy atom. The van der Waals surface area contributed by atoms with E-state index in [0.717, 1.165) is 24.9 Å². The molecule has 2 aromatic rings. The van der Waals surface area contributed by atoms with E-state index in [4.69, 9.17) is 5.11 Å². The Hall–Kier alpha value is -1.84. The maximum atomic E-state index is 11.2. The van der Waals surface area contributed by atoms with Gasteiger partial charge in [0.15, 0.2) is 5.69 Å². The van der Waals surface area contributed by atoms with E-state index in [1.54, 1.807) is 0 Å². The van der Waals surface area contributed by atoms with Crippen molar-refractivity contribution in [3.05, 3.63) is 30.0 Å². The molecule has 1 aromatic heterocycles. The summed E-state index contributed by atoms with van der Waals surface area (Å²) in [5, 5.41) is 14.1. The first-order chi connectivity index (χ1) is 8.63. The molecule has 96 valence electrons. The third-order valence-corrected chi connectivity index (χ3v) is 3.13. The van der Waals surface area contributed by atoms with Gasteiger partial charge in [-0.3, -0.25) is 4.68 Å². The predicted molar refractivity (Wildman–Crippen MR) is 70.8 cm³/mol. The van der Waals surface area contributed by atoms with Crippen molar-refractivity contribution in [2.75, 3.05) is 0 Å². The van der Waals surface area contributed by atoms with Crippen LogP contribution in [0.15, 0.2) is 24.3 Å². The van der Waals surface area contributed by atoms with Gasteiger partial charge in [-0.25, -0.2) is 4.79 Å². The summed E-state index contributed by atoms with van der Waals surface area (Å²) < 4.78 is 1.82. The van der Waals surface area contributed by atoms with Crippen molar-refractivity contribution in [2.24, 2.45) is 5.92 Å². The number of carboxylic acid groups (broad SMARTS) is 1. The third-order valence-electron chi connectivity index (χ3n) is 3.13. The van der Waals surface area contributed by atoms with Crippen molar-refractivity contribution >= 4 is 16.9 Å². The smallest absolute Gasteiger partial charge is 0.357 e. The van der Waals surface area contributed by atoms with Crippen molar-refractivity contribution in [1.82, 2.24) is 9.78 Å². The highest BCUT2D eigenvalue weighted by molar-refractivity contribution is 6.01. The van der Waals surface area contributed by atoms with Crippen LogP contribution in [0.4, 0.5) is 0 Å². The van der Waals surface area contributed by atoms with E-state index >= 15 is 0 Å². The molecule has 1 N–H and O–H groups in total. The summed E-state index contributed by atoms with van der Waals surface area (Å²) in [5.41, 5.74) is 1.05. The van der Waals surface area contributed by atoms with Gasteiger partial charge in [-0.05, 0) is 18.4 Å². The van der Waals surface area contributed by atoms with Crippen LogP contribution >= 0.6 is 0 Å². The number of fused-ring (bicyclic) bond motifs is 1. The molecule has 0 amide bonds. The van der Waals surface area contributed by atoms with Gasteiger partial charge in [0.1, 0.15) is 0 Å². The lowest BCUT2D eigenvalue weighted by atomic mass is 10.1. The van der Waals surface area contributed by atoms with Crippen LogP contribution in [0.1, 0.15) is 37.2 Å². The van der Waals surface area contributed by atoms with E-state index in [1.165, 1.54) is 0 Å². The van der Waals surface area contributed by atoms with Crippen LogP contribution < -0.4 is 0 Å². The van der Waals surface area contributed by atoms with E-state index in [9.17, 15) is 4.79 Å². The molecule has 0 aliphatic heterocycles. The van der Waals surface area contributed by atoms with Gasteiger partial charge in [0, 0.05) is 11.9 Å². The fourth-order valence-corrected chi connectivity index (χ4v) is 2.30. The minimum absolute atomic E-state index is 0.147. The van der Waals surface area contributed by atoms with Crippen LogP contribution in [0.25, 0.3) is 10.9 Å². The van der Waals surface area contributed by atoms with Crippen LogP contribution in [-0.4, -0.2) is 20.9 Å². The first-order valence-corrected chi connectivity index (χ1v) is 6.32. The molecule has 1 unspecified atom stereocenters. The summed E-state index contributed by atoms with van der Waals surface area (Å²) in [6.07, 6.45) is 2.25. The highest BCUT2D eigenvalue weighted by Gasteiger charge is 2.16. The predicted octanol–water partition coefficient (Wildman–Crippen LogP) is 3.17. The molecule has 1 aromatic carbocycles. The molecule has 0 radical (unpaired) electrons. The zero-order chi connectivity index (χ0) is 13.1.